The Morgan fingerprint density at radius 2 is 1.74 bits per heavy atom. The minimum atomic E-state index is 0.201. The van der Waals surface area contributed by atoms with Crippen molar-refractivity contribution in [2.75, 3.05) is 13.7 Å². The molecule has 104 valence electrons. The molecule has 0 amide bonds. The van der Waals surface area contributed by atoms with Crippen molar-refractivity contribution in [2.45, 2.75) is 56.8 Å². The second-order valence-electron chi connectivity index (χ2n) is 6.22. The lowest BCUT2D eigenvalue weighted by molar-refractivity contribution is 0.243. The van der Waals surface area contributed by atoms with Gasteiger partial charge in [-0.2, -0.15) is 0 Å². The average Bonchev–Trinajstić information content (AvgIpc) is 2.62. The van der Waals surface area contributed by atoms with Crippen molar-refractivity contribution in [1.82, 2.24) is 0 Å². The first-order valence-electron chi connectivity index (χ1n) is 7.69. The number of fused-ring (bicyclic) bond motifs is 1. The Labute approximate surface area is 116 Å². The van der Waals surface area contributed by atoms with Crippen LogP contribution < -0.4 is 10.5 Å². The van der Waals surface area contributed by atoms with Crippen LogP contribution in [-0.2, 0) is 18.3 Å². The van der Waals surface area contributed by atoms with Gasteiger partial charge in [-0.1, -0.05) is 18.9 Å². The molecule has 2 aliphatic rings. The van der Waals surface area contributed by atoms with Crippen molar-refractivity contribution in [3.8, 4) is 5.75 Å². The monoisotopic (exact) mass is 259 g/mol. The fraction of sp³-hybridized carbons (Fsp3) is 0.647. The molecule has 0 bridgehead atoms. The highest BCUT2D eigenvalue weighted by Gasteiger charge is 2.39. The molecule has 2 N–H and O–H groups in total. The Balaban J connectivity index is 2.05. The summed E-state index contributed by atoms with van der Waals surface area (Å²) >= 11 is 0. The highest BCUT2D eigenvalue weighted by atomic mass is 16.5. The van der Waals surface area contributed by atoms with Gasteiger partial charge in [0.05, 0.1) is 7.11 Å². The Morgan fingerprint density at radius 1 is 1.05 bits per heavy atom. The van der Waals surface area contributed by atoms with Gasteiger partial charge >= 0.3 is 0 Å². The SMILES string of the molecule is COc1cc2c(cc1C1(CN)CCC1)CCCCC2. The summed E-state index contributed by atoms with van der Waals surface area (Å²) in [6, 6.07) is 4.72. The number of aryl methyl sites for hydroxylation is 2. The van der Waals surface area contributed by atoms with Gasteiger partial charge in [0.1, 0.15) is 5.75 Å². The van der Waals surface area contributed by atoms with Crippen molar-refractivity contribution < 1.29 is 4.74 Å². The molecule has 0 unspecified atom stereocenters. The predicted octanol–water partition coefficient (Wildman–Crippen LogP) is 3.34. The van der Waals surface area contributed by atoms with Crippen molar-refractivity contribution >= 4 is 0 Å². The maximum Gasteiger partial charge on any atom is 0.122 e. The smallest absolute Gasteiger partial charge is 0.122 e. The maximum atomic E-state index is 6.08. The van der Waals surface area contributed by atoms with Gasteiger partial charge in [0, 0.05) is 17.5 Å². The summed E-state index contributed by atoms with van der Waals surface area (Å²) in [6.45, 7) is 0.752. The highest BCUT2D eigenvalue weighted by molar-refractivity contribution is 5.48. The molecule has 1 aromatic carbocycles. The molecule has 1 fully saturated rings. The topological polar surface area (TPSA) is 35.2 Å². The van der Waals surface area contributed by atoms with E-state index in [4.69, 9.17) is 10.5 Å². The molecular formula is C17H25NO. The average molecular weight is 259 g/mol. The van der Waals surface area contributed by atoms with E-state index in [2.05, 4.69) is 12.1 Å². The molecule has 0 aliphatic heterocycles. The molecule has 0 atom stereocenters. The van der Waals surface area contributed by atoms with E-state index < -0.39 is 0 Å². The molecule has 0 heterocycles. The predicted molar refractivity (Wildman–Crippen MR) is 78.8 cm³/mol. The minimum absolute atomic E-state index is 0.201. The largest absolute Gasteiger partial charge is 0.496 e. The first-order chi connectivity index (χ1) is 9.29. The van der Waals surface area contributed by atoms with E-state index in [1.54, 1.807) is 12.7 Å². The zero-order valence-electron chi connectivity index (χ0n) is 12.0. The molecule has 0 radical (unpaired) electrons. The molecular weight excluding hydrogens is 234 g/mol. The zero-order chi connectivity index (χ0) is 13.3. The van der Waals surface area contributed by atoms with Crippen LogP contribution in [0.5, 0.6) is 5.75 Å². The van der Waals surface area contributed by atoms with Gasteiger partial charge in [-0.3, -0.25) is 0 Å². The summed E-state index contributed by atoms with van der Waals surface area (Å²) in [7, 11) is 1.80. The third-order valence-corrected chi connectivity index (χ3v) is 5.19. The van der Waals surface area contributed by atoms with Crippen LogP contribution in [0.15, 0.2) is 12.1 Å². The van der Waals surface area contributed by atoms with Gasteiger partial charge in [-0.05, 0) is 55.7 Å². The molecule has 1 saturated carbocycles. The standard InChI is InChI=1S/C17H25NO/c1-19-16-11-14-7-4-2-3-6-13(14)10-15(16)17(12-18)8-5-9-17/h10-11H,2-9,12,18H2,1H3. The van der Waals surface area contributed by atoms with Crippen molar-refractivity contribution in [1.29, 1.82) is 0 Å². The minimum Gasteiger partial charge on any atom is -0.496 e. The Morgan fingerprint density at radius 3 is 2.26 bits per heavy atom. The quantitative estimate of drug-likeness (QED) is 0.845. The van der Waals surface area contributed by atoms with Crippen molar-refractivity contribution in [3.63, 3.8) is 0 Å². The lowest BCUT2D eigenvalue weighted by Gasteiger charge is -2.42. The molecule has 19 heavy (non-hydrogen) atoms. The van der Waals surface area contributed by atoms with Gasteiger partial charge in [0.15, 0.2) is 0 Å². The molecule has 0 aromatic heterocycles. The third-order valence-electron chi connectivity index (χ3n) is 5.19. The van der Waals surface area contributed by atoms with Crippen LogP contribution >= 0.6 is 0 Å². The lowest BCUT2D eigenvalue weighted by Crippen LogP contribution is -2.41. The molecule has 1 aromatic rings. The maximum absolute atomic E-state index is 6.08. The summed E-state index contributed by atoms with van der Waals surface area (Å²) < 4.78 is 5.68. The van der Waals surface area contributed by atoms with E-state index in [9.17, 15) is 0 Å². The van der Waals surface area contributed by atoms with E-state index in [0.717, 1.165) is 12.3 Å². The second-order valence-corrected chi connectivity index (χ2v) is 6.22. The van der Waals surface area contributed by atoms with Crippen LogP contribution in [0.3, 0.4) is 0 Å². The summed E-state index contributed by atoms with van der Waals surface area (Å²) in [5, 5.41) is 0. The molecule has 0 saturated heterocycles. The zero-order valence-corrected chi connectivity index (χ0v) is 12.0. The van der Waals surface area contributed by atoms with Gasteiger partial charge < -0.3 is 10.5 Å². The van der Waals surface area contributed by atoms with Gasteiger partial charge in [-0.25, -0.2) is 0 Å². The van der Waals surface area contributed by atoms with Crippen LogP contribution in [0, 0.1) is 0 Å². The molecule has 2 heteroatoms. The number of hydrogen-bond donors (Lipinski definition) is 1. The normalized spacial score (nSPS) is 21.2. The molecule has 2 aliphatic carbocycles. The molecule has 3 rings (SSSR count). The van der Waals surface area contributed by atoms with Crippen LogP contribution in [0.4, 0.5) is 0 Å². The Kier molecular flexibility index (Phi) is 3.53. The van der Waals surface area contributed by atoms with Gasteiger partial charge in [-0.15, -0.1) is 0 Å². The van der Waals surface area contributed by atoms with Crippen molar-refractivity contribution in [2.24, 2.45) is 5.73 Å². The van der Waals surface area contributed by atoms with Crippen LogP contribution in [0.25, 0.3) is 0 Å². The number of hydrogen-bond acceptors (Lipinski definition) is 2. The summed E-state index contributed by atoms with van der Waals surface area (Å²) in [6.07, 6.45) is 10.2. The molecule has 0 spiro atoms. The van der Waals surface area contributed by atoms with Crippen molar-refractivity contribution in [3.05, 3.63) is 28.8 Å². The second kappa shape index (κ2) is 5.16. The Bertz CT molecular complexity index is 457. The summed E-state index contributed by atoms with van der Waals surface area (Å²) in [5.41, 5.74) is 10.7. The van der Waals surface area contributed by atoms with E-state index >= 15 is 0 Å². The number of ether oxygens (including phenoxy) is 1. The first-order valence-corrected chi connectivity index (χ1v) is 7.69. The number of methoxy groups -OCH3 is 1. The lowest BCUT2D eigenvalue weighted by atomic mass is 9.64. The van der Waals surface area contributed by atoms with E-state index in [1.807, 2.05) is 0 Å². The number of nitrogens with two attached hydrogens (primary N) is 1. The van der Waals surface area contributed by atoms with Crippen LogP contribution in [0.1, 0.15) is 55.2 Å². The first kappa shape index (κ1) is 13.0. The van der Waals surface area contributed by atoms with Crippen LogP contribution in [-0.4, -0.2) is 13.7 Å². The van der Waals surface area contributed by atoms with E-state index in [-0.39, 0.29) is 5.41 Å². The summed E-state index contributed by atoms with van der Waals surface area (Å²) in [5.74, 6) is 1.07. The van der Waals surface area contributed by atoms with Crippen LogP contribution in [0.2, 0.25) is 0 Å². The third kappa shape index (κ3) is 2.16. The van der Waals surface area contributed by atoms with E-state index in [0.29, 0.717) is 0 Å². The van der Waals surface area contributed by atoms with Gasteiger partial charge in [0.2, 0.25) is 0 Å². The number of rotatable bonds is 3. The summed E-state index contributed by atoms with van der Waals surface area (Å²) in [4.78, 5) is 0. The fourth-order valence-corrected chi connectivity index (χ4v) is 3.71. The fourth-order valence-electron chi connectivity index (χ4n) is 3.71. The van der Waals surface area contributed by atoms with Gasteiger partial charge in [0.25, 0.3) is 0 Å². The van der Waals surface area contributed by atoms with E-state index in [1.165, 1.54) is 62.5 Å². The highest BCUT2D eigenvalue weighted by Crippen LogP contribution is 2.47. The molecule has 2 nitrogen and oxygen atoms in total. The Hall–Kier alpha value is -1.02. The number of benzene rings is 1.